The first-order chi connectivity index (χ1) is 22.6. The number of fused-ring (bicyclic) bond motifs is 1. The van der Waals surface area contributed by atoms with Crippen LogP contribution in [0.15, 0.2) is 102 Å². The number of methoxy groups -OCH3 is 1. The molecule has 0 amide bonds. The molecule has 4 atom stereocenters. The Morgan fingerprint density at radius 2 is 1.47 bits per heavy atom. The summed E-state index contributed by atoms with van der Waals surface area (Å²) in [5.41, 5.74) is 1.17. The fourth-order valence-electron chi connectivity index (χ4n) is 5.63. The predicted molar refractivity (Wildman–Crippen MR) is 170 cm³/mol. The Morgan fingerprint density at radius 3 is 2.04 bits per heavy atom. The molecule has 1 saturated heterocycles. The van der Waals surface area contributed by atoms with Gasteiger partial charge >= 0.3 is 0 Å². The number of hydrogen-bond donors (Lipinski definition) is 1. The van der Waals surface area contributed by atoms with Gasteiger partial charge in [-0.2, -0.15) is 4.98 Å². The Morgan fingerprint density at radius 1 is 0.894 bits per heavy atom. The van der Waals surface area contributed by atoms with E-state index in [9.17, 15) is 13.5 Å². The van der Waals surface area contributed by atoms with E-state index in [4.69, 9.17) is 23.7 Å². The maximum absolute atomic E-state index is 12.8. The average molecular weight is 661 g/mol. The summed E-state index contributed by atoms with van der Waals surface area (Å²) >= 11 is 0. The number of aliphatic hydroxyl groups is 1. The van der Waals surface area contributed by atoms with Gasteiger partial charge in [-0.1, -0.05) is 91.0 Å². The lowest BCUT2D eigenvalue weighted by Gasteiger charge is -2.39. The van der Waals surface area contributed by atoms with Crippen LogP contribution in [-0.2, 0) is 54.4 Å². The van der Waals surface area contributed by atoms with E-state index in [0.29, 0.717) is 6.61 Å². The molecule has 2 aromatic heterocycles. The van der Waals surface area contributed by atoms with E-state index >= 15 is 0 Å². The molecule has 0 spiro atoms. The maximum atomic E-state index is 12.8. The van der Waals surface area contributed by atoms with Crippen molar-refractivity contribution in [3.8, 4) is 5.88 Å². The Hall–Kier alpha value is -4.24. The third-order valence-electron chi connectivity index (χ3n) is 8.11. The molecule has 13 heteroatoms. The van der Waals surface area contributed by atoms with Crippen LogP contribution in [0.2, 0.25) is 0 Å². The van der Waals surface area contributed by atoms with Crippen molar-refractivity contribution < 1.29 is 37.2 Å². The van der Waals surface area contributed by atoms with Crippen molar-refractivity contribution in [2.75, 3.05) is 20.0 Å². The fraction of sp³-hybridized carbons (Fsp3) is 0.324. The van der Waals surface area contributed by atoms with Gasteiger partial charge in [-0.3, -0.25) is 0 Å². The molecular weight excluding hydrogens is 624 g/mol. The topological polar surface area (TPSA) is 144 Å². The average Bonchev–Trinajstić information content (AvgIpc) is 3.61. The van der Waals surface area contributed by atoms with Gasteiger partial charge in [0.05, 0.1) is 39.7 Å². The molecule has 47 heavy (non-hydrogen) atoms. The van der Waals surface area contributed by atoms with Crippen LogP contribution < -0.4 is 4.74 Å². The molecule has 12 nitrogen and oxygen atoms in total. The number of ether oxygens (including phenoxy) is 5. The first kappa shape index (κ1) is 32.7. The lowest BCUT2D eigenvalue weighted by Crippen LogP contribution is -2.55. The summed E-state index contributed by atoms with van der Waals surface area (Å²) in [6.45, 7) is 2.30. The molecule has 1 N–H and O–H groups in total. The fourth-order valence-corrected chi connectivity index (χ4v) is 6.10. The molecule has 5 aromatic rings. The largest absolute Gasteiger partial charge is 0.478 e. The van der Waals surface area contributed by atoms with Crippen molar-refractivity contribution in [1.82, 2.24) is 19.6 Å². The van der Waals surface area contributed by atoms with E-state index in [1.807, 2.05) is 91.0 Å². The van der Waals surface area contributed by atoms with Crippen molar-refractivity contribution in [3.05, 3.63) is 120 Å². The SMILES string of the molecule is COc1nc(S(C)(=O)=O)nn2c([C@@]3(O)O[C@H](COCc4ccccc4)[C@@H](OCc4ccccc4)[C@@]3(C)OCc3ccccc3)cnc12. The number of sulfone groups is 1. The first-order valence-electron chi connectivity index (χ1n) is 15.0. The number of benzene rings is 3. The molecule has 0 bridgehead atoms. The van der Waals surface area contributed by atoms with Gasteiger partial charge in [0.1, 0.15) is 17.9 Å². The lowest BCUT2D eigenvalue weighted by atomic mass is 9.87. The summed E-state index contributed by atoms with van der Waals surface area (Å²) in [7, 11) is -2.55. The minimum Gasteiger partial charge on any atom is -0.478 e. The molecule has 1 aliphatic heterocycles. The Bertz CT molecular complexity index is 1910. The summed E-state index contributed by atoms with van der Waals surface area (Å²) in [5, 5.41) is 16.5. The van der Waals surface area contributed by atoms with Crippen molar-refractivity contribution in [1.29, 1.82) is 0 Å². The van der Waals surface area contributed by atoms with Crippen LogP contribution in [0.25, 0.3) is 5.65 Å². The molecule has 1 aliphatic rings. The number of imidazole rings is 1. The molecule has 6 rings (SSSR count). The van der Waals surface area contributed by atoms with Gasteiger partial charge in [0.15, 0.2) is 5.60 Å². The molecule has 0 unspecified atom stereocenters. The van der Waals surface area contributed by atoms with E-state index in [1.165, 1.54) is 13.3 Å². The van der Waals surface area contributed by atoms with E-state index in [1.54, 1.807) is 6.92 Å². The van der Waals surface area contributed by atoms with Crippen LogP contribution in [-0.4, -0.2) is 70.9 Å². The van der Waals surface area contributed by atoms with Crippen LogP contribution >= 0.6 is 0 Å². The zero-order valence-electron chi connectivity index (χ0n) is 26.2. The summed E-state index contributed by atoms with van der Waals surface area (Å²) in [4.78, 5) is 8.41. The lowest BCUT2D eigenvalue weighted by molar-refractivity contribution is -0.294. The third-order valence-corrected chi connectivity index (χ3v) is 8.94. The Kier molecular flexibility index (Phi) is 9.37. The van der Waals surface area contributed by atoms with Gasteiger partial charge in [0.25, 0.3) is 11.0 Å². The highest BCUT2D eigenvalue weighted by Gasteiger charge is 2.67. The van der Waals surface area contributed by atoms with Gasteiger partial charge < -0.3 is 28.8 Å². The minimum atomic E-state index is -3.89. The number of nitrogens with zero attached hydrogens (tertiary/aromatic N) is 4. The van der Waals surface area contributed by atoms with Crippen molar-refractivity contribution >= 4 is 15.5 Å². The smallest absolute Gasteiger partial charge is 0.268 e. The highest BCUT2D eigenvalue weighted by Crippen LogP contribution is 2.50. The van der Waals surface area contributed by atoms with Gasteiger partial charge in [0, 0.05) is 6.26 Å². The molecular formula is C34H36N4O8S. The van der Waals surface area contributed by atoms with E-state index in [2.05, 4.69) is 15.1 Å². The number of hydrogen-bond acceptors (Lipinski definition) is 11. The normalized spacial score (nSPS) is 22.9. The minimum absolute atomic E-state index is 0.00691. The van der Waals surface area contributed by atoms with Gasteiger partial charge in [-0.05, 0) is 23.6 Å². The molecule has 0 aliphatic carbocycles. The second kappa shape index (κ2) is 13.5. The predicted octanol–water partition coefficient (Wildman–Crippen LogP) is 3.86. The second-order valence-electron chi connectivity index (χ2n) is 11.5. The molecule has 0 saturated carbocycles. The molecule has 246 valence electrons. The van der Waals surface area contributed by atoms with Crippen LogP contribution in [0, 0.1) is 0 Å². The van der Waals surface area contributed by atoms with Crippen LogP contribution in [0.4, 0.5) is 0 Å². The summed E-state index contributed by atoms with van der Waals surface area (Å²) < 4.78 is 57.5. The highest BCUT2D eigenvalue weighted by atomic mass is 32.2. The zero-order chi connectivity index (χ0) is 33.1. The van der Waals surface area contributed by atoms with Crippen molar-refractivity contribution in [2.24, 2.45) is 0 Å². The van der Waals surface area contributed by atoms with E-state index < -0.39 is 38.6 Å². The second-order valence-corrected chi connectivity index (χ2v) is 13.4. The maximum Gasteiger partial charge on any atom is 0.268 e. The monoisotopic (exact) mass is 660 g/mol. The zero-order valence-corrected chi connectivity index (χ0v) is 27.0. The molecule has 3 aromatic carbocycles. The Labute approximate surface area is 272 Å². The summed E-state index contributed by atoms with van der Waals surface area (Å²) in [6.07, 6.45) is 0.572. The molecule has 3 heterocycles. The number of rotatable bonds is 13. The van der Waals surface area contributed by atoms with Crippen molar-refractivity contribution in [3.63, 3.8) is 0 Å². The third kappa shape index (κ3) is 6.63. The number of aromatic nitrogens is 4. The van der Waals surface area contributed by atoms with Gasteiger partial charge in [-0.15, -0.1) is 5.10 Å². The highest BCUT2D eigenvalue weighted by molar-refractivity contribution is 7.90. The first-order valence-corrected chi connectivity index (χ1v) is 16.9. The molecule has 1 fully saturated rings. The summed E-state index contributed by atoms with van der Waals surface area (Å²) in [5.74, 6) is -2.38. The molecule has 0 radical (unpaired) electrons. The standard InChI is InChI=1S/C34H36N4O8S/c1-33(45-22-26-17-11-6-12-18-26)29(44-21-25-15-9-5-10-16-25)27(23-43-20-24-13-7-4-8-14-24)46-34(33,39)28-19-35-30-31(42-2)36-32(37-38(28)30)47(3,40)41/h4-19,27,29,39H,20-23H2,1-3H3/t27-,29-,33-,34-/m1/s1. The summed E-state index contributed by atoms with van der Waals surface area (Å²) in [6, 6.07) is 28.8. The van der Waals surface area contributed by atoms with Gasteiger partial charge in [0.2, 0.25) is 21.3 Å². The van der Waals surface area contributed by atoms with Gasteiger partial charge in [-0.25, -0.2) is 17.9 Å². The van der Waals surface area contributed by atoms with Crippen LogP contribution in [0.3, 0.4) is 0 Å². The van der Waals surface area contributed by atoms with E-state index in [0.717, 1.165) is 27.5 Å². The van der Waals surface area contributed by atoms with Crippen LogP contribution in [0.5, 0.6) is 5.88 Å². The van der Waals surface area contributed by atoms with Crippen molar-refractivity contribution in [2.45, 2.75) is 55.5 Å². The quantitative estimate of drug-likeness (QED) is 0.197. The van der Waals surface area contributed by atoms with E-state index in [-0.39, 0.29) is 37.0 Å². The Balaban J connectivity index is 1.44. The van der Waals surface area contributed by atoms with Crippen LogP contribution in [0.1, 0.15) is 29.3 Å².